The van der Waals surface area contributed by atoms with Crippen molar-refractivity contribution in [3.05, 3.63) is 50.9 Å². The Kier molecular flexibility index (Phi) is 4.50. The van der Waals surface area contributed by atoms with Crippen molar-refractivity contribution in [2.24, 2.45) is 0 Å². The number of benzene rings is 1. The SMILES string of the molecule is OCc1ccc(CNCc2ncc(Cl)s2)cc1. The number of nitrogens with zero attached hydrogens (tertiary/aromatic N) is 1. The second kappa shape index (κ2) is 6.12. The number of rotatable bonds is 5. The van der Waals surface area contributed by atoms with E-state index in [0.29, 0.717) is 4.34 Å². The summed E-state index contributed by atoms with van der Waals surface area (Å²) >= 11 is 7.28. The first kappa shape index (κ1) is 12.5. The Hall–Kier alpha value is -0.940. The summed E-state index contributed by atoms with van der Waals surface area (Å²) in [4.78, 5) is 4.17. The van der Waals surface area contributed by atoms with Gasteiger partial charge in [-0.15, -0.1) is 11.3 Å². The average Bonchev–Trinajstić information content (AvgIpc) is 2.76. The predicted molar refractivity (Wildman–Crippen MR) is 70.0 cm³/mol. The highest BCUT2D eigenvalue weighted by molar-refractivity contribution is 7.15. The molecule has 5 heteroatoms. The zero-order valence-corrected chi connectivity index (χ0v) is 10.8. The molecule has 2 aromatic rings. The summed E-state index contributed by atoms with van der Waals surface area (Å²) in [7, 11) is 0. The molecule has 0 aliphatic rings. The fraction of sp³-hybridized carbons (Fsp3) is 0.250. The number of nitrogens with one attached hydrogen (secondary N) is 1. The van der Waals surface area contributed by atoms with E-state index in [4.69, 9.17) is 16.7 Å². The van der Waals surface area contributed by atoms with Crippen LogP contribution in [0.1, 0.15) is 16.1 Å². The van der Waals surface area contributed by atoms with Gasteiger partial charge in [-0.1, -0.05) is 35.9 Å². The van der Waals surface area contributed by atoms with Gasteiger partial charge in [-0.25, -0.2) is 4.98 Å². The van der Waals surface area contributed by atoms with Crippen LogP contribution in [-0.4, -0.2) is 10.1 Å². The zero-order valence-electron chi connectivity index (χ0n) is 9.19. The first-order valence-corrected chi connectivity index (χ1v) is 6.47. The van der Waals surface area contributed by atoms with E-state index in [1.807, 2.05) is 24.3 Å². The van der Waals surface area contributed by atoms with E-state index >= 15 is 0 Å². The number of aromatic nitrogens is 1. The van der Waals surface area contributed by atoms with Crippen LogP contribution < -0.4 is 5.32 Å². The fourth-order valence-corrected chi connectivity index (χ4v) is 2.37. The minimum absolute atomic E-state index is 0.0886. The Labute approximate surface area is 109 Å². The number of hydrogen-bond acceptors (Lipinski definition) is 4. The highest BCUT2D eigenvalue weighted by atomic mass is 35.5. The van der Waals surface area contributed by atoms with Crippen LogP contribution in [0.3, 0.4) is 0 Å². The summed E-state index contributed by atoms with van der Waals surface area (Å²) in [5.41, 5.74) is 2.12. The molecule has 2 N–H and O–H groups in total. The molecule has 0 aliphatic carbocycles. The molecule has 0 amide bonds. The minimum Gasteiger partial charge on any atom is -0.392 e. The monoisotopic (exact) mass is 268 g/mol. The summed E-state index contributed by atoms with van der Waals surface area (Å²) in [6.07, 6.45) is 1.67. The van der Waals surface area contributed by atoms with Crippen LogP contribution in [0, 0.1) is 0 Å². The molecule has 2 rings (SSSR count). The van der Waals surface area contributed by atoms with E-state index in [-0.39, 0.29) is 6.61 Å². The lowest BCUT2D eigenvalue weighted by Crippen LogP contribution is -2.12. The van der Waals surface area contributed by atoms with E-state index in [9.17, 15) is 0 Å². The van der Waals surface area contributed by atoms with Crippen LogP contribution in [0.5, 0.6) is 0 Å². The number of thiazole rings is 1. The van der Waals surface area contributed by atoms with Gasteiger partial charge in [0.25, 0.3) is 0 Å². The van der Waals surface area contributed by atoms with Crippen LogP contribution in [0.15, 0.2) is 30.5 Å². The van der Waals surface area contributed by atoms with Gasteiger partial charge >= 0.3 is 0 Å². The Balaban J connectivity index is 1.81. The van der Waals surface area contributed by atoms with Gasteiger partial charge in [-0.05, 0) is 11.1 Å². The van der Waals surface area contributed by atoms with Gasteiger partial charge in [0.15, 0.2) is 0 Å². The third kappa shape index (κ3) is 3.78. The number of aliphatic hydroxyl groups excluding tert-OH is 1. The first-order chi connectivity index (χ1) is 8.28. The highest BCUT2D eigenvalue weighted by Crippen LogP contribution is 2.17. The molecule has 0 spiro atoms. The number of aliphatic hydroxyl groups is 1. The largest absolute Gasteiger partial charge is 0.392 e. The predicted octanol–water partition coefficient (Wildman–Crippen LogP) is 2.58. The summed E-state index contributed by atoms with van der Waals surface area (Å²) in [6.45, 7) is 1.59. The first-order valence-electron chi connectivity index (χ1n) is 5.27. The minimum atomic E-state index is 0.0886. The lowest BCUT2D eigenvalue weighted by Gasteiger charge is -2.03. The van der Waals surface area contributed by atoms with Crippen molar-refractivity contribution >= 4 is 22.9 Å². The topological polar surface area (TPSA) is 45.1 Å². The summed E-state index contributed by atoms with van der Waals surface area (Å²) in [5, 5.41) is 13.2. The van der Waals surface area contributed by atoms with Gasteiger partial charge in [0.05, 0.1) is 12.8 Å². The maximum absolute atomic E-state index is 8.92. The smallest absolute Gasteiger partial charge is 0.113 e. The molecule has 1 heterocycles. The van der Waals surface area contributed by atoms with Crippen LogP contribution >= 0.6 is 22.9 Å². The van der Waals surface area contributed by atoms with Gasteiger partial charge in [0.2, 0.25) is 0 Å². The van der Waals surface area contributed by atoms with Crippen LogP contribution in [0.4, 0.5) is 0 Å². The van der Waals surface area contributed by atoms with E-state index in [1.165, 1.54) is 16.9 Å². The van der Waals surface area contributed by atoms with Gasteiger partial charge in [-0.3, -0.25) is 0 Å². The zero-order chi connectivity index (χ0) is 12.1. The molecule has 3 nitrogen and oxygen atoms in total. The summed E-state index contributed by atoms with van der Waals surface area (Å²) < 4.78 is 0.717. The molecule has 0 fully saturated rings. The van der Waals surface area contributed by atoms with Crippen molar-refractivity contribution in [1.29, 1.82) is 0 Å². The van der Waals surface area contributed by atoms with E-state index in [2.05, 4.69) is 10.3 Å². The van der Waals surface area contributed by atoms with Crippen molar-refractivity contribution in [1.82, 2.24) is 10.3 Å². The van der Waals surface area contributed by atoms with Crippen molar-refractivity contribution in [2.45, 2.75) is 19.7 Å². The lowest BCUT2D eigenvalue weighted by molar-refractivity contribution is 0.282. The van der Waals surface area contributed by atoms with Gasteiger partial charge in [-0.2, -0.15) is 0 Å². The second-order valence-electron chi connectivity index (χ2n) is 3.64. The highest BCUT2D eigenvalue weighted by Gasteiger charge is 1.99. The second-order valence-corrected chi connectivity index (χ2v) is 5.38. The van der Waals surface area contributed by atoms with Crippen molar-refractivity contribution in [3.63, 3.8) is 0 Å². The molecule has 17 heavy (non-hydrogen) atoms. The molecule has 0 radical (unpaired) electrons. The Morgan fingerprint density at radius 1 is 1.18 bits per heavy atom. The van der Waals surface area contributed by atoms with E-state index < -0.39 is 0 Å². The molecule has 0 unspecified atom stereocenters. The van der Waals surface area contributed by atoms with Crippen LogP contribution in [0.25, 0.3) is 0 Å². The summed E-state index contributed by atoms with van der Waals surface area (Å²) in [6, 6.07) is 7.87. The summed E-state index contributed by atoms with van der Waals surface area (Å²) in [5.74, 6) is 0. The quantitative estimate of drug-likeness (QED) is 0.876. The Morgan fingerprint density at radius 2 is 1.88 bits per heavy atom. The van der Waals surface area contributed by atoms with Crippen molar-refractivity contribution < 1.29 is 5.11 Å². The third-order valence-electron chi connectivity index (χ3n) is 2.34. The molecular formula is C12H13ClN2OS. The van der Waals surface area contributed by atoms with Gasteiger partial charge < -0.3 is 10.4 Å². The molecule has 1 aromatic carbocycles. The number of hydrogen-bond donors (Lipinski definition) is 2. The fourth-order valence-electron chi connectivity index (χ4n) is 1.45. The molecule has 90 valence electrons. The molecule has 0 saturated heterocycles. The van der Waals surface area contributed by atoms with Crippen molar-refractivity contribution in [2.75, 3.05) is 0 Å². The Morgan fingerprint density at radius 3 is 2.47 bits per heavy atom. The standard InChI is InChI=1S/C12H13ClN2OS/c13-11-6-15-12(17-11)7-14-5-9-1-3-10(8-16)4-2-9/h1-4,6,14,16H,5,7-8H2. The molecule has 0 bridgehead atoms. The third-order valence-corrected chi connectivity index (χ3v) is 3.45. The molecule has 0 saturated carbocycles. The lowest BCUT2D eigenvalue weighted by atomic mass is 10.1. The molecular weight excluding hydrogens is 256 g/mol. The molecule has 0 atom stereocenters. The Bertz CT molecular complexity index is 470. The normalized spacial score (nSPS) is 10.7. The number of halogens is 1. The van der Waals surface area contributed by atoms with E-state index in [1.54, 1.807) is 6.20 Å². The van der Waals surface area contributed by atoms with E-state index in [0.717, 1.165) is 23.7 Å². The maximum Gasteiger partial charge on any atom is 0.113 e. The van der Waals surface area contributed by atoms with Crippen LogP contribution in [0.2, 0.25) is 4.34 Å². The van der Waals surface area contributed by atoms with Gasteiger partial charge in [0, 0.05) is 13.1 Å². The molecule has 1 aromatic heterocycles. The van der Waals surface area contributed by atoms with Crippen LogP contribution in [-0.2, 0) is 19.7 Å². The molecule has 0 aliphatic heterocycles. The average molecular weight is 269 g/mol. The maximum atomic E-state index is 8.92. The van der Waals surface area contributed by atoms with Gasteiger partial charge in [0.1, 0.15) is 9.34 Å². The van der Waals surface area contributed by atoms with Crippen molar-refractivity contribution in [3.8, 4) is 0 Å².